The third-order valence-corrected chi connectivity index (χ3v) is 3.96. The van der Waals surface area contributed by atoms with Gasteiger partial charge in [0.2, 0.25) is 0 Å². The standard InChI is InChI=1S/C16H25BrN2/c1-4-18-10-13-5-6-14(17)9-16(13)19(11-12(2)3)15-7-8-15/h5-6,9,12,15,18H,4,7-8,10-11H2,1-3H3. The van der Waals surface area contributed by atoms with E-state index in [2.05, 4.69) is 65.1 Å². The van der Waals surface area contributed by atoms with Gasteiger partial charge in [-0.05, 0) is 43.0 Å². The molecule has 0 bridgehead atoms. The monoisotopic (exact) mass is 324 g/mol. The summed E-state index contributed by atoms with van der Waals surface area (Å²) in [7, 11) is 0. The molecule has 0 amide bonds. The third kappa shape index (κ3) is 4.22. The average Bonchev–Trinajstić information content (AvgIpc) is 3.18. The Labute approximate surface area is 125 Å². The Morgan fingerprint density at radius 1 is 1.37 bits per heavy atom. The molecule has 1 aromatic carbocycles. The highest BCUT2D eigenvalue weighted by Crippen LogP contribution is 2.35. The normalized spacial score (nSPS) is 15.0. The molecule has 1 fully saturated rings. The van der Waals surface area contributed by atoms with E-state index in [0.29, 0.717) is 5.92 Å². The quantitative estimate of drug-likeness (QED) is 0.809. The van der Waals surface area contributed by atoms with Crippen molar-refractivity contribution in [2.45, 2.75) is 46.2 Å². The van der Waals surface area contributed by atoms with E-state index in [4.69, 9.17) is 0 Å². The highest BCUT2D eigenvalue weighted by atomic mass is 79.9. The molecule has 0 aliphatic heterocycles. The highest BCUT2D eigenvalue weighted by Gasteiger charge is 2.30. The molecule has 2 rings (SSSR count). The summed E-state index contributed by atoms with van der Waals surface area (Å²) >= 11 is 3.62. The van der Waals surface area contributed by atoms with Crippen LogP contribution in [0.25, 0.3) is 0 Å². The lowest BCUT2D eigenvalue weighted by Crippen LogP contribution is -2.31. The van der Waals surface area contributed by atoms with Crippen LogP contribution in [0.2, 0.25) is 0 Å². The molecule has 0 heterocycles. The second kappa shape index (κ2) is 6.76. The minimum absolute atomic E-state index is 0.701. The molecule has 0 atom stereocenters. The fourth-order valence-corrected chi connectivity index (χ4v) is 2.79. The van der Waals surface area contributed by atoms with E-state index >= 15 is 0 Å². The fourth-order valence-electron chi connectivity index (χ4n) is 2.44. The van der Waals surface area contributed by atoms with Gasteiger partial charge in [0.1, 0.15) is 0 Å². The Bertz CT molecular complexity index is 413. The summed E-state index contributed by atoms with van der Waals surface area (Å²) in [5.41, 5.74) is 2.82. The predicted octanol–water partition coefficient (Wildman–Crippen LogP) is 4.18. The number of hydrogen-bond acceptors (Lipinski definition) is 2. The number of hydrogen-bond donors (Lipinski definition) is 1. The molecule has 0 radical (unpaired) electrons. The number of nitrogens with zero attached hydrogens (tertiary/aromatic N) is 1. The van der Waals surface area contributed by atoms with Crippen molar-refractivity contribution in [3.05, 3.63) is 28.2 Å². The summed E-state index contributed by atoms with van der Waals surface area (Å²) in [4.78, 5) is 2.61. The van der Waals surface area contributed by atoms with Crippen LogP contribution in [0.15, 0.2) is 22.7 Å². The van der Waals surface area contributed by atoms with E-state index in [1.165, 1.54) is 28.6 Å². The largest absolute Gasteiger partial charge is 0.368 e. The molecule has 1 aliphatic rings. The van der Waals surface area contributed by atoms with Gasteiger partial charge in [-0.15, -0.1) is 0 Å². The molecule has 3 heteroatoms. The molecular weight excluding hydrogens is 300 g/mol. The van der Waals surface area contributed by atoms with Crippen molar-refractivity contribution in [3.63, 3.8) is 0 Å². The Hall–Kier alpha value is -0.540. The van der Waals surface area contributed by atoms with Crippen molar-refractivity contribution in [3.8, 4) is 0 Å². The van der Waals surface area contributed by atoms with Crippen LogP contribution in [0.5, 0.6) is 0 Å². The lowest BCUT2D eigenvalue weighted by molar-refractivity contribution is 0.603. The second-order valence-corrected chi connectivity index (χ2v) is 6.75. The van der Waals surface area contributed by atoms with Crippen LogP contribution >= 0.6 is 15.9 Å². The predicted molar refractivity (Wildman–Crippen MR) is 86.7 cm³/mol. The summed E-state index contributed by atoms with van der Waals surface area (Å²) in [5.74, 6) is 0.701. The number of nitrogens with one attached hydrogen (secondary N) is 1. The van der Waals surface area contributed by atoms with Crippen molar-refractivity contribution in [1.82, 2.24) is 5.32 Å². The molecule has 19 heavy (non-hydrogen) atoms. The van der Waals surface area contributed by atoms with Gasteiger partial charge in [0.05, 0.1) is 0 Å². The molecular formula is C16H25BrN2. The maximum absolute atomic E-state index is 3.62. The van der Waals surface area contributed by atoms with Gasteiger partial charge in [0, 0.05) is 29.3 Å². The maximum atomic E-state index is 3.62. The molecule has 2 nitrogen and oxygen atoms in total. The van der Waals surface area contributed by atoms with Crippen molar-refractivity contribution < 1.29 is 0 Å². The first kappa shape index (κ1) is 14.9. The van der Waals surface area contributed by atoms with Gasteiger partial charge in [-0.3, -0.25) is 0 Å². The zero-order valence-electron chi connectivity index (χ0n) is 12.2. The molecule has 106 valence electrons. The van der Waals surface area contributed by atoms with Crippen molar-refractivity contribution in [1.29, 1.82) is 0 Å². The van der Waals surface area contributed by atoms with Crippen molar-refractivity contribution in [2.24, 2.45) is 5.92 Å². The van der Waals surface area contributed by atoms with Gasteiger partial charge in [-0.1, -0.05) is 42.8 Å². The van der Waals surface area contributed by atoms with Crippen LogP contribution in [0.4, 0.5) is 5.69 Å². The summed E-state index contributed by atoms with van der Waals surface area (Å²) in [6.07, 6.45) is 2.69. The lowest BCUT2D eigenvalue weighted by Gasteiger charge is -2.29. The van der Waals surface area contributed by atoms with Crippen LogP contribution in [0, 0.1) is 5.92 Å². The van der Waals surface area contributed by atoms with E-state index in [1.54, 1.807) is 0 Å². The van der Waals surface area contributed by atoms with Crippen LogP contribution in [-0.4, -0.2) is 19.1 Å². The molecule has 1 saturated carbocycles. The Morgan fingerprint density at radius 3 is 2.68 bits per heavy atom. The first-order valence-electron chi connectivity index (χ1n) is 7.37. The smallest absolute Gasteiger partial charge is 0.0425 e. The highest BCUT2D eigenvalue weighted by molar-refractivity contribution is 9.10. The second-order valence-electron chi connectivity index (χ2n) is 5.83. The molecule has 0 saturated heterocycles. The SMILES string of the molecule is CCNCc1ccc(Br)cc1N(CC(C)C)C1CC1. The van der Waals surface area contributed by atoms with Gasteiger partial charge >= 0.3 is 0 Å². The average molecular weight is 325 g/mol. The molecule has 0 unspecified atom stereocenters. The number of benzene rings is 1. The van der Waals surface area contributed by atoms with Gasteiger partial charge in [-0.2, -0.15) is 0 Å². The molecule has 1 aliphatic carbocycles. The maximum Gasteiger partial charge on any atom is 0.0425 e. The summed E-state index contributed by atoms with van der Waals surface area (Å²) < 4.78 is 1.18. The number of halogens is 1. The van der Waals surface area contributed by atoms with E-state index in [1.807, 2.05) is 0 Å². The van der Waals surface area contributed by atoms with E-state index in [-0.39, 0.29) is 0 Å². The van der Waals surface area contributed by atoms with Crippen LogP contribution in [0.1, 0.15) is 39.2 Å². The Kier molecular flexibility index (Phi) is 5.28. The van der Waals surface area contributed by atoms with Crippen molar-refractivity contribution in [2.75, 3.05) is 18.0 Å². The molecule has 0 spiro atoms. The first-order valence-corrected chi connectivity index (χ1v) is 8.17. The van der Waals surface area contributed by atoms with Gasteiger partial charge in [0.15, 0.2) is 0 Å². The van der Waals surface area contributed by atoms with Gasteiger partial charge < -0.3 is 10.2 Å². The zero-order valence-corrected chi connectivity index (χ0v) is 13.8. The lowest BCUT2D eigenvalue weighted by atomic mass is 10.1. The van der Waals surface area contributed by atoms with E-state index < -0.39 is 0 Å². The Balaban J connectivity index is 2.25. The van der Waals surface area contributed by atoms with E-state index in [9.17, 15) is 0 Å². The summed E-state index contributed by atoms with van der Waals surface area (Å²) in [6.45, 7) is 9.89. The van der Waals surface area contributed by atoms with Crippen molar-refractivity contribution >= 4 is 21.6 Å². The fraction of sp³-hybridized carbons (Fsp3) is 0.625. The minimum Gasteiger partial charge on any atom is -0.368 e. The van der Waals surface area contributed by atoms with Gasteiger partial charge in [0.25, 0.3) is 0 Å². The minimum atomic E-state index is 0.701. The van der Waals surface area contributed by atoms with Gasteiger partial charge in [-0.25, -0.2) is 0 Å². The van der Waals surface area contributed by atoms with Crippen LogP contribution < -0.4 is 10.2 Å². The molecule has 1 aromatic rings. The zero-order chi connectivity index (χ0) is 13.8. The van der Waals surface area contributed by atoms with Crippen LogP contribution in [0.3, 0.4) is 0 Å². The topological polar surface area (TPSA) is 15.3 Å². The molecule has 1 N–H and O–H groups in total. The number of rotatable bonds is 7. The van der Waals surface area contributed by atoms with E-state index in [0.717, 1.165) is 25.7 Å². The number of anilines is 1. The first-order chi connectivity index (χ1) is 9.11. The Morgan fingerprint density at radius 2 is 2.11 bits per heavy atom. The van der Waals surface area contributed by atoms with Crippen LogP contribution in [-0.2, 0) is 6.54 Å². The third-order valence-electron chi connectivity index (χ3n) is 3.47. The summed E-state index contributed by atoms with van der Waals surface area (Å²) in [6, 6.07) is 7.44. The summed E-state index contributed by atoms with van der Waals surface area (Å²) in [5, 5.41) is 3.45. The molecule has 0 aromatic heterocycles.